The normalized spacial score (nSPS) is 16.3. The molecular formula is C12H23NO5S. The smallest absolute Gasteiger partial charge is 0.302 e. The Bertz CT molecular complexity index is 394. The fourth-order valence-corrected chi connectivity index (χ4v) is 1.79. The van der Waals surface area contributed by atoms with Crippen LogP contribution in [0.1, 0.15) is 39.0 Å². The van der Waals surface area contributed by atoms with E-state index in [0.29, 0.717) is 5.78 Å². The Hall–Kier alpha value is -0.760. The van der Waals surface area contributed by atoms with Gasteiger partial charge in [0, 0.05) is 25.1 Å². The van der Waals surface area contributed by atoms with E-state index in [4.69, 9.17) is 17.5 Å². The minimum Gasteiger partial charge on any atom is -0.302 e. The number of Topliss-reactive ketones (excluding diaryl/α,β-unsaturated/α-hetero) is 1. The summed E-state index contributed by atoms with van der Waals surface area (Å²) in [7, 11) is -2.59. The van der Waals surface area contributed by atoms with Gasteiger partial charge in [-0.3, -0.25) is 13.9 Å². The van der Waals surface area contributed by atoms with Gasteiger partial charge in [-0.2, -0.15) is 8.42 Å². The lowest BCUT2D eigenvalue weighted by atomic mass is 10.0. The predicted molar refractivity (Wildman–Crippen MR) is 73.5 cm³/mol. The molecule has 0 saturated carbocycles. The first-order valence-corrected chi connectivity index (χ1v) is 7.74. The molecule has 0 aromatic heterocycles. The zero-order valence-electron chi connectivity index (χ0n) is 11.5. The number of ketones is 1. The molecule has 0 saturated heterocycles. The summed E-state index contributed by atoms with van der Waals surface area (Å²) in [4.78, 5) is 13.9. The molecule has 7 heteroatoms. The largest absolute Gasteiger partial charge is 0.394 e. The van der Waals surface area contributed by atoms with E-state index in [1.165, 1.54) is 12.8 Å². The molecule has 0 aromatic rings. The van der Waals surface area contributed by atoms with Crippen molar-refractivity contribution < 1.29 is 22.3 Å². The van der Waals surface area contributed by atoms with Gasteiger partial charge >= 0.3 is 10.4 Å². The number of carbonyl (C=O) groups is 1. The van der Waals surface area contributed by atoms with Crippen molar-refractivity contribution in [2.45, 2.75) is 39.0 Å². The third-order valence-electron chi connectivity index (χ3n) is 2.71. The summed E-state index contributed by atoms with van der Waals surface area (Å²) in [5.41, 5.74) is 1.04. The van der Waals surface area contributed by atoms with Crippen molar-refractivity contribution in [3.8, 4) is 0 Å². The molecule has 1 aliphatic rings. The molecule has 0 spiro atoms. The van der Waals surface area contributed by atoms with Crippen LogP contribution >= 0.6 is 0 Å². The van der Waals surface area contributed by atoms with Gasteiger partial charge in [-0.15, -0.1) is 0 Å². The Morgan fingerprint density at radius 2 is 1.95 bits per heavy atom. The van der Waals surface area contributed by atoms with Gasteiger partial charge in [-0.25, -0.2) is 0 Å². The third-order valence-corrected chi connectivity index (χ3v) is 2.71. The van der Waals surface area contributed by atoms with Crippen molar-refractivity contribution in [1.82, 2.24) is 4.90 Å². The van der Waals surface area contributed by atoms with Crippen molar-refractivity contribution in [2.24, 2.45) is 0 Å². The molecule has 0 amide bonds. The number of unbranched alkanes of at least 4 members (excludes halogenated alkanes) is 2. The first kappa shape index (κ1) is 18.2. The molecule has 0 unspecified atom stereocenters. The molecule has 0 fully saturated rings. The quantitative estimate of drug-likeness (QED) is 0.592. The van der Waals surface area contributed by atoms with Crippen molar-refractivity contribution >= 4 is 16.2 Å². The summed E-state index contributed by atoms with van der Waals surface area (Å²) in [6, 6.07) is 0. The molecule has 2 N–H and O–H groups in total. The fraction of sp³-hybridized carbons (Fsp3) is 0.750. The van der Waals surface area contributed by atoms with Crippen LogP contribution in [-0.2, 0) is 15.2 Å². The summed E-state index contributed by atoms with van der Waals surface area (Å²) in [6.07, 6.45) is 7.31. The van der Waals surface area contributed by atoms with E-state index in [9.17, 15) is 4.79 Å². The first-order chi connectivity index (χ1) is 8.74. The highest BCUT2D eigenvalue weighted by molar-refractivity contribution is 7.79. The SMILES string of the molecule is CCCCCC(=O)C1=CCCN(C)C1.O=S(=O)(O)O. The van der Waals surface area contributed by atoms with Gasteiger partial charge in [0.05, 0.1) is 0 Å². The van der Waals surface area contributed by atoms with Crippen LogP contribution in [0.5, 0.6) is 0 Å². The minimum absolute atomic E-state index is 0.366. The van der Waals surface area contributed by atoms with Gasteiger partial charge in [0.25, 0.3) is 0 Å². The average Bonchev–Trinajstić information content (AvgIpc) is 2.27. The minimum atomic E-state index is -4.67. The summed E-state index contributed by atoms with van der Waals surface area (Å²) in [5.74, 6) is 0.366. The van der Waals surface area contributed by atoms with E-state index < -0.39 is 10.4 Å². The number of carbonyl (C=O) groups excluding carboxylic acids is 1. The van der Waals surface area contributed by atoms with E-state index in [2.05, 4.69) is 24.9 Å². The number of hydrogen-bond acceptors (Lipinski definition) is 4. The third kappa shape index (κ3) is 12.0. The monoisotopic (exact) mass is 293 g/mol. The number of rotatable bonds is 5. The molecule has 1 aliphatic heterocycles. The Balaban J connectivity index is 0.000000555. The maximum absolute atomic E-state index is 11.7. The van der Waals surface area contributed by atoms with Crippen LogP contribution in [0.4, 0.5) is 0 Å². The highest BCUT2D eigenvalue weighted by atomic mass is 32.3. The molecule has 0 bridgehead atoms. The zero-order valence-corrected chi connectivity index (χ0v) is 12.3. The highest BCUT2D eigenvalue weighted by Crippen LogP contribution is 2.12. The lowest BCUT2D eigenvalue weighted by Gasteiger charge is -2.22. The molecule has 1 heterocycles. The van der Waals surface area contributed by atoms with Gasteiger partial charge in [0.2, 0.25) is 0 Å². The molecule has 1 rings (SSSR count). The predicted octanol–water partition coefficient (Wildman–Crippen LogP) is 1.74. The van der Waals surface area contributed by atoms with Crippen molar-refractivity contribution in [2.75, 3.05) is 20.1 Å². The van der Waals surface area contributed by atoms with Crippen LogP contribution in [0.25, 0.3) is 0 Å². The summed E-state index contributed by atoms with van der Waals surface area (Å²) in [6.45, 7) is 4.11. The molecule has 112 valence electrons. The highest BCUT2D eigenvalue weighted by Gasteiger charge is 2.14. The fourth-order valence-electron chi connectivity index (χ4n) is 1.79. The second kappa shape index (κ2) is 9.19. The van der Waals surface area contributed by atoms with Crippen LogP contribution in [0.2, 0.25) is 0 Å². The molecule has 0 radical (unpaired) electrons. The van der Waals surface area contributed by atoms with Crippen LogP contribution in [0.3, 0.4) is 0 Å². The standard InChI is InChI=1S/C12H21NO.H2O4S/c1-3-4-5-8-12(14)11-7-6-9-13(2)10-11;1-5(2,3)4/h7H,3-6,8-10H2,1-2H3;(H2,1,2,3,4). The topological polar surface area (TPSA) is 94.9 Å². The molecule has 0 aliphatic carbocycles. The van der Waals surface area contributed by atoms with Crippen molar-refractivity contribution in [1.29, 1.82) is 0 Å². The van der Waals surface area contributed by atoms with E-state index in [1.807, 2.05) is 0 Å². The lowest BCUT2D eigenvalue weighted by molar-refractivity contribution is -0.116. The maximum Gasteiger partial charge on any atom is 0.394 e. The van der Waals surface area contributed by atoms with Gasteiger partial charge in [-0.05, 0) is 19.9 Å². The van der Waals surface area contributed by atoms with Crippen LogP contribution in [0.15, 0.2) is 11.6 Å². The Labute approximate surface area is 115 Å². The molecule has 0 aromatic carbocycles. The van der Waals surface area contributed by atoms with Gasteiger partial charge in [-0.1, -0.05) is 25.8 Å². The molecular weight excluding hydrogens is 270 g/mol. The van der Waals surface area contributed by atoms with Crippen LogP contribution < -0.4 is 0 Å². The van der Waals surface area contributed by atoms with E-state index >= 15 is 0 Å². The van der Waals surface area contributed by atoms with Gasteiger partial charge < -0.3 is 4.90 Å². The number of hydrogen-bond donors (Lipinski definition) is 2. The Morgan fingerprint density at radius 1 is 1.37 bits per heavy atom. The summed E-state index contributed by atoms with van der Waals surface area (Å²) < 4.78 is 31.6. The Kier molecular flexibility index (Phi) is 8.82. The Morgan fingerprint density at radius 3 is 2.42 bits per heavy atom. The second-order valence-electron chi connectivity index (χ2n) is 4.58. The van der Waals surface area contributed by atoms with Gasteiger partial charge in [0.1, 0.15) is 0 Å². The van der Waals surface area contributed by atoms with Crippen molar-refractivity contribution in [3.63, 3.8) is 0 Å². The van der Waals surface area contributed by atoms with E-state index in [0.717, 1.165) is 37.9 Å². The summed E-state index contributed by atoms with van der Waals surface area (Å²) in [5, 5.41) is 0. The molecule has 6 nitrogen and oxygen atoms in total. The molecule has 0 atom stereocenters. The molecule has 19 heavy (non-hydrogen) atoms. The first-order valence-electron chi connectivity index (χ1n) is 6.34. The van der Waals surface area contributed by atoms with Crippen LogP contribution in [-0.4, -0.2) is 48.3 Å². The zero-order chi connectivity index (χ0) is 14.9. The number of nitrogens with zero attached hydrogens (tertiary/aromatic N) is 1. The average molecular weight is 293 g/mol. The lowest BCUT2D eigenvalue weighted by Crippen LogP contribution is -2.28. The van der Waals surface area contributed by atoms with Crippen molar-refractivity contribution in [3.05, 3.63) is 11.6 Å². The van der Waals surface area contributed by atoms with E-state index in [1.54, 1.807) is 0 Å². The van der Waals surface area contributed by atoms with Gasteiger partial charge in [0.15, 0.2) is 5.78 Å². The maximum atomic E-state index is 11.7. The van der Waals surface area contributed by atoms with Crippen LogP contribution in [0, 0.1) is 0 Å². The second-order valence-corrected chi connectivity index (χ2v) is 5.48. The summed E-state index contributed by atoms with van der Waals surface area (Å²) >= 11 is 0. The number of likely N-dealkylation sites (N-methyl/N-ethyl adjacent to an activating group) is 1. The van der Waals surface area contributed by atoms with E-state index in [-0.39, 0.29) is 0 Å².